The second-order valence-electron chi connectivity index (χ2n) is 7.91. The van der Waals surface area contributed by atoms with Crippen LogP contribution in [0.25, 0.3) is 11.2 Å². The molecule has 1 atom stereocenters. The second kappa shape index (κ2) is 9.80. The van der Waals surface area contributed by atoms with Gasteiger partial charge in [0.15, 0.2) is 11.5 Å². The molecule has 0 aliphatic carbocycles. The number of fused-ring (bicyclic) bond motifs is 1. The predicted molar refractivity (Wildman–Crippen MR) is 124 cm³/mol. The van der Waals surface area contributed by atoms with Crippen LogP contribution in [0.15, 0.2) is 47.4 Å². The van der Waals surface area contributed by atoms with Crippen LogP contribution < -0.4 is 20.5 Å². The largest absolute Gasteiger partial charge is 0.494 e. The third-order valence-corrected chi connectivity index (χ3v) is 5.79. The number of carbonyl (C=O) groups excluding carboxylic acids is 1. The lowest BCUT2D eigenvalue weighted by Crippen LogP contribution is -2.45. The molecule has 1 aliphatic heterocycles. The summed E-state index contributed by atoms with van der Waals surface area (Å²) in [5.74, 6) is 1.03. The number of anilines is 1. The van der Waals surface area contributed by atoms with Crippen LogP contribution in [0.2, 0.25) is 0 Å². The summed E-state index contributed by atoms with van der Waals surface area (Å²) in [6.45, 7) is 6.66. The molecule has 168 valence electrons. The zero-order valence-electron chi connectivity index (χ0n) is 18.6. The lowest BCUT2D eigenvalue weighted by atomic mass is 9.97. The van der Waals surface area contributed by atoms with Gasteiger partial charge in [0.1, 0.15) is 11.3 Å². The van der Waals surface area contributed by atoms with Gasteiger partial charge in [-0.1, -0.05) is 12.1 Å². The first kappa shape index (κ1) is 21.8. The van der Waals surface area contributed by atoms with Crippen molar-refractivity contribution in [3.8, 4) is 5.75 Å². The Balaban J connectivity index is 1.46. The van der Waals surface area contributed by atoms with E-state index in [9.17, 15) is 9.59 Å². The van der Waals surface area contributed by atoms with Gasteiger partial charge in [-0.3, -0.25) is 14.2 Å². The van der Waals surface area contributed by atoms with Gasteiger partial charge < -0.3 is 15.0 Å². The maximum absolute atomic E-state index is 13.1. The zero-order valence-corrected chi connectivity index (χ0v) is 18.6. The average molecular weight is 436 g/mol. The van der Waals surface area contributed by atoms with Gasteiger partial charge in [-0.2, -0.15) is 0 Å². The Bertz CT molecular complexity index is 1140. The summed E-state index contributed by atoms with van der Waals surface area (Å²) in [5.41, 5.74) is 2.13. The summed E-state index contributed by atoms with van der Waals surface area (Å²) in [5, 5.41) is 3.04. The molecule has 1 aliphatic rings. The number of nitrogens with zero attached hydrogens (tertiary/aromatic N) is 4. The fraction of sp³-hybridized carbons (Fsp3) is 0.417. The van der Waals surface area contributed by atoms with Crippen LogP contribution in [-0.4, -0.2) is 40.1 Å². The van der Waals surface area contributed by atoms with Crippen LogP contribution in [0.3, 0.4) is 0 Å². The smallest absolute Gasteiger partial charge is 0.295 e. The number of amides is 1. The molecule has 0 spiro atoms. The van der Waals surface area contributed by atoms with E-state index in [1.54, 1.807) is 10.8 Å². The van der Waals surface area contributed by atoms with Crippen molar-refractivity contribution < 1.29 is 9.53 Å². The minimum atomic E-state index is -0.188. The van der Waals surface area contributed by atoms with Crippen LogP contribution in [0.5, 0.6) is 5.75 Å². The van der Waals surface area contributed by atoms with Crippen LogP contribution in [0, 0.1) is 5.92 Å². The Hall–Kier alpha value is -3.42. The number of aromatic nitrogens is 3. The Kier molecular flexibility index (Phi) is 6.68. The number of nitrogens with one attached hydrogen (secondary N) is 1. The first-order chi connectivity index (χ1) is 15.6. The van der Waals surface area contributed by atoms with Crippen LogP contribution in [0.4, 0.5) is 5.82 Å². The minimum absolute atomic E-state index is 0.00172. The summed E-state index contributed by atoms with van der Waals surface area (Å²) < 4.78 is 7.10. The van der Waals surface area contributed by atoms with Crippen molar-refractivity contribution in [3.63, 3.8) is 0 Å². The molecule has 1 N–H and O–H groups in total. The highest BCUT2D eigenvalue weighted by Crippen LogP contribution is 2.22. The van der Waals surface area contributed by atoms with Crippen molar-refractivity contribution in [2.45, 2.75) is 39.8 Å². The SMILES string of the molecule is CCOc1ccc(CNC(=O)[C@H]2CCCN(c3nc4cccnc4n(CC)c3=O)C2)cc1. The van der Waals surface area contributed by atoms with E-state index in [0.29, 0.717) is 49.8 Å². The average Bonchev–Trinajstić information content (AvgIpc) is 2.83. The third kappa shape index (κ3) is 4.59. The first-order valence-corrected chi connectivity index (χ1v) is 11.2. The molecular formula is C24H29N5O3. The van der Waals surface area contributed by atoms with E-state index in [-0.39, 0.29) is 17.4 Å². The number of carbonyl (C=O) groups is 1. The van der Waals surface area contributed by atoms with Gasteiger partial charge in [-0.05, 0) is 56.5 Å². The number of hydrogen-bond donors (Lipinski definition) is 1. The van der Waals surface area contributed by atoms with Gasteiger partial charge >= 0.3 is 0 Å². The molecule has 1 saturated heterocycles. The number of pyridine rings is 1. The molecular weight excluding hydrogens is 406 g/mol. The molecule has 4 rings (SSSR count). The summed E-state index contributed by atoms with van der Waals surface area (Å²) in [4.78, 5) is 36.8. The molecule has 0 bridgehead atoms. The van der Waals surface area contributed by atoms with E-state index < -0.39 is 0 Å². The Labute approximate surface area is 187 Å². The monoisotopic (exact) mass is 435 g/mol. The van der Waals surface area contributed by atoms with Crippen LogP contribution in [0.1, 0.15) is 32.3 Å². The first-order valence-electron chi connectivity index (χ1n) is 11.2. The van der Waals surface area contributed by atoms with Gasteiger partial charge in [-0.15, -0.1) is 0 Å². The Morgan fingerprint density at radius 3 is 2.78 bits per heavy atom. The maximum Gasteiger partial charge on any atom is 0.295 e. The third-order valence-electron chi connectivity index (χ3n) is 5.79. The number of benzene rings is 1. The number of piperidine rings is 1. The van der Waals surface area contributed by atoms with Crippen molar-refractivity contribution in [3.05, 3.63) is 58.5 Å². The minimum Gasteiger partial charge on any atom is -0.494 e. The lowest BCUT2D eigenvalue weighted by Gasteiger charge is -2.32. The van der Waals surface area contributed by atoms with Gasteiger partial charge in [0.05, 0.1) is 12.5 Å². The number of aryl methyl sites for hydroxylation is 1. The number of hydrogen-bond acceptors (Lipinski definition) is 6. The van der Waals surface area contributed by atoms with E-state index in [2.05, 4.69) is 15.3 Å². The van der Waals surface area contributed by atoms with Crippen molar-refractivity contribution in [1.82, 2.24) is 19.9 Å². The van der Waals surface area contributed by atoms with E-state index in [1.807, 2.05) is 55.1 Å². The highest BCUT2D eigenvalue weighted by atomic mass is 16.5. The Morgan fingerprint density at radius 2 is 2.03 bits per heavy atom. The molecule has 2 aromatic heterocycles. The van der Waals surface area contributed by atoms with Gasteiger partial charge in [0.25, 0.3) is 5.56 Å². The molecule has 8 heteroatoms. The van der Waals surface area contributed by atoms with Gasteiger partial charge in [-0.25, -0.2) is 9.97 Å². The van der Waals surface area contributed by atoms with E-state index in [1.165, 1.54) is 0 Å². The molecule has 32 heavy (non-hydrogen) atoms. The Morgan fingerprint density at radius 1 is 1.22 bits per heavy atom. The molecule has 8 nitrogen and oxygen atoms in total. The molecule has 3 aromatic rings. The van der Waals surface area contributed by atoms with Crippen molar-refractivity contribution in [2.24, 2.45) is 5.92 Å². The molecule has 1 amide bonds. The summed E-state index contributed by atoms with van der Waals surface area (Å²) in [7, 11) is 0. The summed E-state index contributed by atoms with van der Waals surface area (Å²) >= 11 is 0. The molecule has 0 radical (unpaired) electrons. The van der Waals surface area contributed by atoms with Crippen LogP contribution in [-0.2, 0) is 17.9 Å². The van der Waals surface area contributed by atoms with Crippen LogP contribution >= 0.6 is 0 Å². The number of ether oxygens (including phenoxy) is 1. The fourth-order valence-electron chi connectivity index (χ4n) is 4.15. The van der Waals surface area contributed by atoms with E-state index in [0.717, 1.165) is 24.2 Å². The van der Waals surface area contributed by atoms with Gasteiger partial charge in [0, 0.05) is 32.4 Å². The number of rotatable bonds is 7. The topological polar surface area (TPSA) is 89.3 Å². The van der Waals surface area contributed by atoms with Crippen molar-refractivity contribution in [2.75, 3.05) is 24.6 Å². The highest BCUT2D eigenvalue weighted by molar-refractivity contribution is 5.79. The predicted octanol–water partition coefficient (Wildman–Crippen LogP) is 2.74. The zero-order chi connectivity index (χ0) is 22.5. The molecule has 1 aromatic carbocycles. The van der Waals surface area contributed by atoms with E-state index in [4.69, 9.17) is 4.74 Å². The standard InChI is InChI=1S/C24H29N5O3/c1-3-29-21-20(8-5-13-25-21)27-22(24(29)31)28-14-6-7-18(16-28)23(30)26-15-17-9-11-19(12-10-17)32-4-2/h5,8-13,18H,3-4,6-7,14-16H2,1-2H3,(H,26,30)/t18-/m0/s1. The lowest BCUT2D eigenvalue weighted by molar-refractivity contribution is -0.125. The fourth-order valence-corrected chi connectivity index (χ4v) is 4.15. The molecule has 1 fully saturated rings. The van der Waals surface area contributed by atoms with Crippen molar-refractivity contribution in [1.29, 1.82) is 0 Å². The quantitative estimate of drug-likeness (QED) is 0.614. The maximum atomic E-state index is 13.1. The molecule has 0 unspecified atom stereocenters. The normalized spacial score (nSPS) is 16.2. The summed E-state index contributed by atoms with van der Waals surface area (Å²) in [6.07, 6.45) is 3.29. The second-order valence-corrected chi connectivity index (χ2v) is 7.91. The molecule has 0 saturated carbocycles. The van der Waals surface area contributed by atoms with E-state index >= 15 is 0 Å². The highest BCUT2D eigenvalue weighted by Gasteiger charge is 2.28. The van der Waals surface area contributed by atoms with Gasteiger partial charge in [0.2, 0.25) is 5.91 Å². The molecule has 3 heterocycles. The summed E-state index contributed by atoms with van der Waals surface area (Å²) in [6, 6.07) is 11.4. The van der Waals surface area contributed by atoms with Crippen molar-refractivity contribution >= 4 is 22.9 Å².